The second-order valence-corrected chi connectivity index (χ2v) is 9.08. The number of aliphatic hydroxyl groups excluding tert-OH is 2. The fraction of sp³-hybridized carbons (Fsp3) is 1.00. The van der Waals surface area contributed by atoms with Crippen LogP contribution in [-0.2, 0) is 9.47 Å². The van der Waals surface area contributed by atoms with E-state index in [2.05, 4.69) is 13.8 Å². The van der Waals surface area contributed by atoms with E-state index < -0.39 is 0 Å². The third kappa shape index (κ3) is 6.20. The molecule has 0 radical (unpaired) electrons. The van der Waals surface area contributed by atoms with Crippen LogP contribution in [0.5, 0.6) is 0 Å². The molecule has 0 aromatic rings. The zero-order valence-corrected chi connectivity index (χ0v) is 16.7. The molecule has 2 rings (SSSR count). The van der Waals surface area contributed by atoms with Crippen molar-refractivity contribution in [3.8, 4) is 0 Å². The standard InChI is InChI=1S/C21H40O4/c1-15(23)14-24-19-9-5-17(6-10-19)21(3,4)18-7-11-20(12-8-18)25-16(2)13-22/h15-20,22-23H,5-14H2,1-4H3. The molecule has 2 unspecified atom stereocenters. The number of ether oxygens (including phenoxy) is 2. The van der Waals surface area contributed by atoms with Crippen LogP contribution in [0.15, 0.2) is 0 Å². The van der Waals surface area contributed by atoms with E-state index in [4.69, 9.17) is 14.6 Å². The number of rotatable bonds is 8. The Labute approximate surface area is 154 Å². The first-order valence-corrected chi connectivity index (χ1v) is 10.4. The van der Waals surface area contributed by atoms with Gasteiger partial charge in [0.15, 0.2) is 0 Å². The molecule has 2 fully saturated rings. The molecule has 0 aromatic heterocycles. The average Bonchev–Trinajstić information content (AvgIpc) is 2.60. The highest BCUT2D eigenvalue weighted by molar-refractivity contribution is 4.91. The predicted octanol–water partition coefficient (Wildman–Crippen LogP) is 3.93. The van der Waals surface area contributed by atoms with Crippen LogP contribution in [0, 0.1) is 17.3 Å². The van der Waals surface area contributed by atoms with Gasteiger partial charge in [-0.25, -0.2) is 0 Å². The molecule has 2 N–H and O–H groups in total. The summed E-state index contributed by atoms with van der Waals surface area (Å²) < 4.78 is 11.7. The van der Waals surface area contributed by atoms with Crippen molar-refractivity contribution < 1.29 is 19.7 Å². The second kappa shape index (κ2) is 9.68. The van der Waals surface area contributed by atoms with E-state index in [0.717, 1.165) is 37.5 Å². The van der Waals surface area contributed by atoms with Crippen molar-refractivity contribution in [3.63, 3.8) is 0 Å². The molecule has 0 aromatic carbocycles. The summed E-state index contributed by atoms with van der Waals surface area (Å²) in [6.45, 7) is 9.26. The van der Waals surface area contributed by atoms with Gasteiger partial charge in [0, 0.05) is 0 Å². The second-order valence-electron chi connectivity index (χ2n) is 9.08. The van der Waals surface area contributed by atoms with E-state index in [9.17, 15) is 5.11 Å². The van der Waals surface area contributed by atoms with Crippen molar-refractivity contribution in [2.45, 2.75) is 103 Å². The minimum Gasteiger partial charge on any atom is -0.394 e. The summed E-state index contributed by atoms with van der Waals surface area (Å²) >= 11 is 0. The van der Waals surface area contributed by atoms with Gasteiger partial charge in [-0.05, 0) is 82.5 Å². The van der Waals surface area contributed by atoms with Gasteiger partial charge in [-0.1, -0.05) is 13.8 Å². The van der Waals surface area contributed by atoms with Crippen molar-refractivity contribution in [2.75, 3.05) is 13.2 Å². The summed E-state index contributed by atoms with van der Waals surface area (Å²) in [6.07, 6.45) is 9.78. The lowest BCUT2D eigenvalue weighted by Gasteiger charge is -2.46. The molecule has 2 aliphatic rings. The van der Waals surface area contributed by atoms with Gasteiger partial charge in [0.1, 0.15) is 0 Å². The summed E-state index contributed by atoms with van der Waals surface area (Å²) in [4.78, 5) is 0. The van der Waals surface area contributed by atoms with Crippen LogP contribution in [0.25, 0.3) is 0 Å². The molecule has 2 saturated carbocycles. The Morgan fingerprint density at radius 1 is 0.880 bits per heavy atom. The van der Waals surface area contributed by atoms with Crippen LogP contribution in [0.3, 0.4) is 0 Å². The third-order valence-corrected chi connectivity index (χ3v) is 6.71. The van der Waals surface area contributed by atoms with Gasteiger partial charge in [-0.15, -0.1) is 0 Å². The van der Waals surface area contributed by atoms with E-state index >= 15 is 0 Å². The predicted molar refractivity (Wildman–Crippen MR) is 101 cm³/mol. The first kappa shape index (κ1) is 21.1. The van der Waals surface area contributed by atoms with E-state index in [1.54, 1.807) is 6.92 Å². The molecule has 4 nitrogen and oxygen atoms in total. The Balaban J connectivity index is 1.76. The van der Waals surface area contributed by atoms with Crippen molar-refractivity contribution in [2.24, 2.45) is 17.3 Å². The van der Waals surface area contributed by atoms with Gasteiger partial charge < -0.3 is 19.7 Å². The average molecular weight is 357 g/mol. The minimum absolute atomic E-state index is 0.0357. The van der Waals surface area contributed by atoms with Crippen LogP contribution in [0.4, 0.5) is 0 Å². The highest BCUT2D eigenvalue weighted by atomic mass is 16.5. The van der Waals surface area contributed by atoms with Gasteiger partial charge in [-0.3, -0.25) is 0 Å². The van der Waals surface area contributed by atoms with Gasteiger partial charge in [0.2, 0.25) is 0 Å². The monoisotopic (exact) mass is 356 g/mol. The topological polar surface area (TPSA) is 58.9 Å². The normalized spacial score (nSPS) is 33.8. The highest BCUT2D eigenvalue weighted by Crippen LogP contribution is 2.48. The van der Waals surface area contributed by atoms with Crippen LogP contribution < -0.4 is 0 Å². The van der Waals surface area contributed by atoms with Gasteiger partial charge in [-0.2, -0.15) is 0 Å². The summed E-state index contributed by atoms with van der Waals surface area (Å²) in [7, 11) is 0. The Hall–Kier alpha value is -0.160. The molecular weight excluding hydrogens is 316 g/mol. The molecule has 0 spiro atoms. The zero-order valence-electron chi connectivity index (χ0n) is 16.7. The van der Waals surface area contributed by atoms with Crippen molar-refractivity contribution in [3.05, 3.63) is 0 Å². The van der Waals surface area contributed by atoms with E-state index in [-0.39, 0.29) is 18.8 Å². The quantitative estimate of drug-likeness (QED) is 0.692. The maximum atomic E-state index is 9.38. The molecule has 4 heteroatoms. The molecule has 2 atom stereocenters. The molecule has 148 valence electrons. The Morgan fingerprint density at radius 2 is 1.36 bits per heavy atom. The lowest BCUT2D eigenvalue weighted by molar-refractivity contribution is -0.0696. The minimum atomic E-state index is -0.361. The maximum Gasteiger partial charge on any atom is 0.0781 e. The van der Waals surface area contributed by atoms with Gasteiger partial charge >= 0.3 is 0 Å². The number of hydrogen-bond donors (Lipinski definition) is 2. The van der Waals surface area contributed by atoms with E-state index in [0.29, 0.717) is 24.2 Å². The van der Waals surface area contributed by atoms with Crippen LogP contribution in [0.2, 0.25) is 0 Å². The third-order valence-electron chi connectivity index (χ3n) is 6.71. The van der Waals surface area contributed by atoms with Crippen LogP contribution >= 0.6 is 0 Å². The Kier molecular flexibility index (Phi) is 8.19. The first-order chi connectivity index (χ1) is 11.8. The SMILES string of the molecule is CC(O)COC1CCC(C(C)(C)C2CCC(OC(C)CO)CC2)CC1. The fourth-order valence-electron chi connectivity index (χ4n) is 4.90. The lowest BCUT2D eigenvalue weighted by Crippen LogP contribution is -2.39. The van der Waals surface area contributed by atoms with E-state index in [1.165, 1.54) is 25.7 Å². The van der Waals surface area contributed by atoms with Gasteiger partial charge in [0.25, 0.3) is 0 Å². The summed E-state index contributed by atoms with van der Waals surface area (Å²) in [6, 6.07) is 0. The van der Waals surface area contributed by atoms with E-state index in [1.807, 2.05) is 6.92 Å². The molecule has 2 aliphatic carbocycles. The Morgan fingerprint density at radius 3 is 1.80 bits per heavy atom. The molecular formula is C21H40O4. The summed E-state index contributed by atoms with van der Waals surface area (Å²) in [5.41, 5.74) is 0.378. The molecule has 0 heterocycles. The molecule has 25 heavy (non-hydrogen) atoms. The smallest absolute Gasteiger partial charge is 0.0781 e. The summed E-state index contributed by atoms with van der Waals surface area (Å²) in [5, 5.41) is 18.5. The number of hydrogen-bond acceptors (Lipinski definition) is 4. The first-order valence-electron chi connectivity index (χ1n) is 10.4. The fourth-order valence-corrected chi connectivity index (χ4v) is 4.90. The zero-order chi connectivity index (χ0) is 18.4. The molecule has 0 amide bonds. The lowest BCUT2D eigenvalue weighted by atomic mass is 9.60. The molecule has 0 bridgehead atoms. The largest absolute Gasteiger partial charge is 0.394 e. The number of aliphatic hydroxyl groups is 2. The van der Waals surface area contributed by atoms with Crippen LogP contribution in [-0.4, -0.2) is 47.8 Å². The van der Waals surface area contributed by atoms with Crippen molar-refractivity contribution in [1.29, 1.82) is 0 Å². The molecule has 0 aliphatic heterocycles. The van der Waals surface area contributed by atoms with Crippen molar-refractivity contribution >= 4 is 0 Å². The molecule has 0 saturated heterocycles. The highest BCUT2D eigenvalue weighted by Gasteiger charge is 2.40. The van der Waals surface area contributed by atoms with Crippen molar-refractivity contribution in [1.82, 2.24) is 0 Å². The Bertz CT molecular complexity index is 366. The van der Waals surface area contributed by atoms with Crippen LogP contribution in [0.1, 0.15) is 79.1 Å². The summed E-state index contributed by atoms with van der Waals surface area (Å²) in [5.74, 6) is 1.55. The maximum absolute atomic E-state index is 9.38. The van der Waals surface area contributed by atoms with Gasteiger partial charge in [0.05, 0.1) is 37.6 Å².